The number of aromatic nitrogens is 2. The molecule has 1 fully saturated rings. The monoisotopic (exact) mass is 322 g/mol. The van der Waals surface area contributed by atoms with Crippen LogP contribution in [0.3, 0.4) is 0 Å². The molecule has 1 saturated heterocycles. The lowest BCUT2D eigenvalue weighted by atomic mass is 10.1. The van der Waals surface area contributed by atoms with E-state index in [4.69, 9.17) is 9.47 Å². The second-order valence-corrected chi connectivity index (χ2v) is 5.62. The van der Waals surface area contributed by atoms with Gasteiger partial charge in [-0.3, -0.25) is 14.6 Å². The first-order valence-electron chi connectivity index (χ1n) is 7.46. The van der Waals surface area contributed by atoms with Crippen LogP contribution in [0.5, 0.6) is 0 Å². The lowest BCUT2D eigenvalue weighted by Crippen LogP contribution is -2.50. The third-order valence-corrected chi connectivity index (χ3v) is 3.55. The fraction of sp³-hybridized carbons (Fsp3) is 0.600. The molecule has 1 aliphatic rings. The Morgan fingerprint density at radius 2 is 2.17 bits per heavy atom. The summed E-state index contributed by atoms with van der Waals surface area (Å²) in [5.74, 6) is -0.443. The Morgan fingerprint density at radius 3 is 2.83 bits per heavy atom. The molecule has 2 atom stereocenters. The van der Waals surface area contributed by atoms with Crippen LogP contribution < -0.4 is 5.32 Å². The van der Waals surface area contributed by atoms with Crippen molar-refractivity contribution in [1.82, 2.24) is 20.2 Å². The number of carbonyl (C=O) groups is 2. The van der Waals surface area contributed by atoms with E-state index in [1.807, 2.05) is 0 Å². The summed E-state index contributed by atoms with van der Waals surface area (Å²) in [7, 11) is 3.33. The Balaban J connectivity index is 1.93. The van der Waals surface area contributed by atoms with E-state index in [0.717, 1.165) is 5.69 Å². The van der Waals surface area contributed by atoms with Crippen molar-refractivity contribution in [2.24, 2.45) is 0 Å². The van der Waals surface area contributed by atoms with Crippen LogP contribution >= 0.6 is 0 Å². The number of hydrogen-bond acceptors (Lipinski definition) is 6. The predicted octanol–water partition coefficient (Wildman–Crippen LogP) is -0.223. The number of nitrogens with zero attached hydrogens (tertiary/aromatic N) is 3. The Labute approximate surface area is 135 Å². The second-order valence-electron chi connectivity index (χ2n) is 5.62. The van der Waals surface area contributed by atoms with Gasteiger partial charge in [-0.15, -0.1) is 0 Å². The highest BCUT2D eigenvalue weighted by molar-refractivity contribution is 5.92. The molecule has 0 bridgehead atoms. The van der Waals surface area contributed by atoms with Crippen LogP contribution in [0.25, 0.3) is 0 Å². The summed E-state index contributed by atoms with van der Waals surface area (Å²) >= 11 is 0. The number of hydrogen-bond donors (Lipinski definition) is 1. The first-order valence-corrected chi connectivity index (χ1v) is 7.46. The molecule has 1 N–H and O–H groups in total. The van der Waals surface area contributed by atoms with Gasteiger partial charge in [0.05, 0.1) is 24.5 Å². The smallest absolute Gasteiger partial charge is 0.271 e. The van der Waals surface area contributed by atoms with E-state index in [-0.39, 0.29) is 36.3 Å². The lowest BCUT2D eigenvalue weighted by Gasteiger charge is -2.32. The molecule has 0 radical (unpaired) electrons. The normalized spacial score (nSPS) is 20.8. The molecule has 0 saturated carbocycles. The second kappa shape index (κ2) is 7.98. The molecule has 23 heavy (non-hydrogen) atoms. The van der Waals surface area contributed by atoms with Crippen molar-refractivity contribution in [3.8, 4) is 0 Å². The van der Waals surface area contributed by atoms with Crippen molar-refractivity contribution in [2.75, 3.05) is 33.9 Å². The van der Waals surface area contributed by atoms with Gasteiger partial charge in [-0.2, -0.15) is 0 Å². The number of rotatable bonds is 5. The van der Waals surface area contributed by atoms with E-state index in [1.54, 1.807) is 27.2 Å². The number of ether oxygens (including phenoxy) is 2. The highest BCUT2D eigenvalue weighted by Crippen LogP contribution is 2.12. The molecular formula is C15H22N4O4. The molecule has 1 aromatic rings. The van der Waals surface area contributed by atoms with Gasteiger partial charge in [-0.05, 0) is 13.3 Å². The minimum Gasteiger partial charge on any atom is -0.379 e. The Hall–Kier alpha value is -2.06. The van der Waals surface area contributed by atoms with Gasteiger partial charge in [0.15, 0.2) is 0 Å². The highest BCUT2D eigenvalue weighted by Gasteiger charge is 2.29. The average molecular weight is 322 g/mol. The van der Waals surface area contributed by atoms with Gasteiger partial charge in [-0.25, -0.2) is 4.98 Å². The zero-order valence-corrected chi connectivity index (χ0v) is 13.6. The summed E-state index contributed by atoms with van der Waals surface area (Å²) in [5.41, 5.74) is 1.00. The zero-order chi connectivity index (χ0) is 16.8. The van der Waals surface area contributed by atoms with Crippen LogP contribution in [-0.4, -0.2) is 72.7 Å². The third kappa shape index (κ3) is 4.97. The van der Waals surface area contributed by atoms with E-state index in [2.05, 4.69) is 15.3 Å². The molecule has 2 rings (SSSR count). The maximum atomic E-state index is 12.2. The fourth-order valence-corrected chi connectivity index (χ4v) is 2.10. The number of nitrogens with one attached hydrogen (secondary N) is 1. The first-order chi connectivity index (χ1) is 11.0. The van der Waals surface area contributed by atoms with E-state index >= 15 is 0 Å². The van der Waals surface area contributed by atoms with Crippen LogP contribution in [0.4, 0.5) is 0 Å². The fourth-order valence-electron chi connectivity index (χ4n) is 2.10. The number of amides is 2. The van der Waals surface area contributed by atoms with Crippen LogP contribution in [0.15, 0.2) is 12.4 Å². The van der Waals surface area contributed by atoms with Crippen molar-refractivity contribution in [3.63, 3.8) is 0 Å². The van der Waals surface area contributed by atoms with Gasteiger partial charge in [0, 0.05) is 26.9 Å². The number of aryl methyl sites for hydroxylation is 1. The molecule has 0 aromatic carbocycles. The van der Waals surface area contributed by atoms with E-state index in [9.17, 15) is 9.59 Å². The third-order valence-electron chi connectivity index (χ3n) is 3.55. The number of carbonyl (C=O) groups excluding carboxylic acids is 2. The summed E-state index contributed by atoms with van der Waals surface area (Å²) in [6.45, 7) is 2.63. The van der Waals surface area contributed by atoms with Crippen molar-refractivity contribution >= 4 is 11.8 Å². The molecule has 0 aliphatic carbocycles. The first kappa shape index (κ1) is 17.3. The maximum absolute atomic E-state index is 12.2. The van der Waals surface area contributed by atoms with E-state index in [1.165, 1.54) is 11.1 Å². The minimum absolute atomic E-state index is 0.0439. The topological polar surface area (TPSA) is 93.7 Å². The summed E-state index contributed by atoms with van der Waals surface area (Å²) in [6.07, 6.45) is 3.24. The summed E-state index contributed by atoms with van der Waals surface area (Å²) in [6, 6.07) is -0.227. The van der Waals surface area contributed by atoms with Crippen LogP contribution in [0, 0.1) is 6.92 Å². The molecule has 0 spiro atoms. The Morgan fingerprint density at radius 1 is 1.39 bits per heavy atom. The van der Waals surface area contributed by atoms with Gasteiger partial charge in [0.2, 0.25) is 5.91 Å². The molecule has 8 nitrogen and oxygen atoms in total. The van der Waals surface area contributed by atoms with Crippen molar-refractivity contribution < 1.29 is 19.1 Å². The molecule has 2 heterocycles. The molecule has 1 aliphatic heterocycles. The van der Waals surface area contributed by atoms with Crippen LogP contribution in [-0.2, 0) is 14.3 Å². The van der Waals surface area contributed by atoms with Crippen molar-refractivity contribution in [2.45, 2.75) is 25.5 Å². The maximum Gasteiger partial charge on any atom is 0.271 e. The molecule has 2 amide bonds. The van der Waals surface area contributed by atoms with Gasteiger partial charge in [0.1, 0.15) is 18.4 Å². The van der Waals surface area contributed by atoms with Crippen LogP contribution in [0.2, 0.25) is 0 Å². The molecule has 126 valence electrons. The van der Waals surface area contributed by atoms with Crippen molar-refractivity contribution in [3.05, 3.63) is 23.8 Å². The highest BCUT2D eigenvalue weighted by atomic mass is 16.5. The van der Waals surface area contributed by atoms with Gasteiger partial charge >= 0.3 is 0 Å². The Kier molecular flexibility index (Phi) is 6.00. The lowest BCUT2D eigenvalue weighted by molar-refractivity contribution is -0.140. The van der Waals surface area contributed by atoms with Gasteiger partial charge in [0.25, 0.3) is 5.91 Å². The standard InChI is InChI=1S/C15H22N4O4/c1-10-6-17-12(7-16-10)15(21)18-11-4-5-22-8-13(11)23-9-14(20)19(2)3/h6-7,11,13H,4-5,8-9H2,1-3H3,(H,18,21)/t11-,13-/m1/s1. The largest absolute Gasteiger partial charge is 0.379 e. The van der Waals surface area contributed by atoms with E-state index in [0.29, 0.717) is 19.6 Å². The van der Waals surface area contributed by atoms with Gasteiger partial charge < -0.3 is 19.7 Å². The Bertz CT molecular complexity index is 547. The summed E-state index contributed by atoms with van der Waals surface area (Å²) in [5, 5.41) is 2.89. The average Bonchev–Trinajstić information content (AvgIpc) is 2.54. The summed E-state index contributed by atoms with van der Waals surface area (Å²) in [4.78, 5) is 33.4. The van der Waals surface area contributed by atoms with Crippen molar-refractivity contribution in [1.29, 1.82) is 0 Å². The summed E-state index contributed by atoms with van der Waals surface area (Å²) < 4.78 is 11.0. The van der Waals surface area contributed by atoms with E-state index < -0.39 is 0 Å². The molecular weight excluding hydrogens is 300 g/mol. The predicted molar refractivity (Wildman–Crippen MR) is 81.9 cm³/mol. The number of likely N-dealkylation sites (N-methyl/N-ethyl adjacent to an activating group) is 1. The quantitative estimate of drug-likeness (QED) is 0.805. The van der Waals surface area contributed by atoms with Crippen LogP contribution in [0.1, 0.15) is 22.6 Å². The molecule has 0 unspecified atom stereocenters. The van der Waals surface area contributed by atoms with Gasteiger partial charge in [-0.1, -0.05) is 0 Å². The minimum atomic E-state index is -0.366. The zero-order valence-electron chi connectivity index (χ0n) is 13.6. The molecule has 1 aromatic heterocycles. The molecule has 8 heteroatoms. The SMILES string of the molecule is Cc1cnc(C(=O)N[C@@H]2CCOC[C@H]2OCC(=O)N(C)C)cn1.